The van der Waals surface area contributed by atoms with Crippen LogP contribution >= 0.6 is 23.2 Å². The maximum absolute atomic E-state index is 12.6. The van der Waals surface area contributed by atoms with Crippen molar-refractivity contribution in [3.63, 3.8) is 0 Å². The third-order valence-corrected chi connectivity index (χ3v) is 5.11. The Hall–Kier alpha value is -2.37. The van der Waals surface area contributed by atoms with Gasteiger partial charge in [-0.15, -0.1) is 0 Å². The van der Waals surface area contributed by atoms with Crippen LogP contribution in [-0.4, -0.2) is 32.6 Å². The Morgan fingerprint density at radius 2 is 1.88 bits per heavy atom. The lowest BCUT2D eigenvalue weighted by molar-refractivity contribution is -0.131. The van der Waals surface area contributed by atoms with E-state index in [2.05, 4.69) is 10.1 Å². The van der Waals surface area contributed by atoms with Crippen LogP contribution in [0.1, 0.15) is 24.1 Å². The highest BCUT2D eigenvalue weighted by Gasteiger charge is 2.18. The van der Waals surface area contributed by atoms with Gasteiger partial charge in [-0.2, -0.15) is 5.10 Å². The summed E-state index contributed by atoms with van der Waals surface area (Å²) in [7, 11) is 1.80. The topological polar surface area (TPSA) is 51.0 Å². The predicted molar refractivity (Wildman–Crippen MR) is 103 cm³/mol. The Balaban J connectivity index is 1.69. The molecule has 0 aliphatic heterocycles. The van der Waals surface area contributed by atoms with E-state index < -0.39 is 0 Å². The van der Waals surface area contributed by atoms with E-state index in [1.54, 1.807) is 35.1 Å². The maximum Gasteiger partial charge on any atom is 0.227 e. The fourth-order valence-electron chi connectivity index (χ4n) is 2.64. The normalized spacial score (nSPS) is 12.0. The van der Waals surface area contributed by atoms with E-state index in [-0.39, 0.29) is 18.4 Å². The summed E-state index contributed by atoms with van der Waals surface area (Å²) in [6, 6.07) is 13.1. The number of nitrogens with zero attached hydrogens (tertiary/aromatic N) is 4. The third-order valence-electron chi connectivity index (χ3n) is 4.37. The zero-order valence-electron chi connectivity index (χ0n) is 14.4. The van der Waals surface area contributed by atoms with Crippen LogP contribution in [0.5, 0.6) is 0 Å². The van der Waals surface area contributed by atoms with Gasteiger partial charge in [-0.05, 0) is 42.3 Å². The molecule has 7 heteroatoms. The number of amides is 1. The zero-order chi connectivity index (χ0) is 18.7. The van der Waals surface area contributed by atoms with Gasteiger partial charge in [-0.1, -0.05) is 41.4 Å². The molecule has 1 amide bonds. The molecular formula is C19H18Cl2N4O. The highest BCUT2D eigenvalue weighted by atomic mass is 35.5. The van der Waals surface area contributed by atoms with Crippen molar-refractivity contribution in [1.29, 1.82) is 0 Å². The molecule has 5 nitrogen and oxygen atoms in total. The number of hydrogen-bond donors (Lipinski definition) is 0. The highest BCUT2D eigenvalue weighted by Crippen LogP contribution is 2.24. The number of hydrogen-bond acceptors (Lipinski definition) is 3. The van der Waals surface area contributed by atoms with Gasteiger partial charge in [0.25, 0.3) is 0 Å². The van der Waals surface area contributed by atoms with Crippen molar-refractivity contribution in [3.8, 4) is 5.69 Å². The molecule has 0 aliphatic rings. The fourth-order valence-corrected chi connectivity index (χ4v) is 2.96. The molecule has 0 fully saturated rings. The minimum Gasteiger partial charge on any atom is -0.339 e. The summed E-state index contributed by atoms with van der Waals surface area (Å²) in [5, 5.41) is 5.04. The van der Waals surface area contributed by atoms with Crippen LogP contribution in [-0.2, 0) is 11.2 Å². The summed E-state index contributed by atoms with van der Waals surface area (Å²) in [6.45, 7) is 2.00. The largest absolute Gasteiger partial charge is 0.339 e. The number of carbonyl (C=O) groups excluding carboxylic acids is 1. The van der Waals surface area contributed by atoms with Gasteiger partial charge in [0.1, 0.15) is 12.7 Å². The zero-order valence-corrected chi connectivity index (χ0v) is 15.9. The second-order valence-corrected chi connectivity index (χ2v) is 6.85. The summed E-state index contributed by atoms with van der Waals surface area (Å²) in [6.07, 6.45) is 3.41. The van der Waals surface area contributed by atoms with Crippen LogP contribution in [0.25, 0.3) is 5.69 Å². The van der Waals surface area contributed by atoms with E-state index in [9.17, 15) is 4.79 Å². The lowest BCUT2D eigenvalue weighted by Gasteiger charge is -2.25. The summed E-state index contributed by atoms with van der Waals surface area (Å²) < 4.78 is 1.69. The van der Waals surface area contributed by atoms with E-state index in [0.717, 1.165) is 16.8 Å². The molecule has 26 heavy (non-hydrogen) atoms. The third kappa shape index (κ3) is 4.06. The number of carbonyl (C=O) groups is 1. The SMILES string of the molecule is C[C@H](c1ccc(-n2cncn2)cc1)N(C)C(=O)Cc1ccc(Cl)c(Cl)c1. The van der Waals surface area contributed by atoms with Gasteiger partial charge < -0.3 is 4.90 Å². The van der Waals surface area contributed by atoms with Crippen LogP contribution in [0.4, 0.5) is 0 Å². The molecule has 0 radical (unpaired) electrons. The fraction of sp³-hybridized carbons (Fsp3) is 0.211. The van der Waals surface area contributed by atoms with Crippen molar-refractivity contribution >= 4 is 29.1 Å². The molecule has 3 aromatic rings. The Kier molecular flexibility index (Phi) is 5.59. The molecule has 134 valence electrons. The lowest BCUT2D eigenvalue weighted by atomic mass is 10.1. The van der Waals surface area contributed by atoms with Gasteiger partial charge in [0, 0.05) is 7.05 Å². The quantitative estimate of drug-likeness (QED) is 0.653. The smallest absolute Gasteiger partial charge is 0.227 e. The first-order valence-electron chi connectivity index (χ1n) is 8.10. The van der Waals surface area contributed by atoms with Crippen molar-refractivity contribution in [3.05, 3.63) is 76.3 Å². The highest BCUT2D eigenvalue weighted by molar-refractivity contribution is 6.42. The van der Waals surface area contributed by atoms with Gasteiger partial charge >= 0.3 is 0 Å². The van der Waals surface area contributed by atoms with Gasteiger partial charge in [0.2, 0.25) is 5.91 Å². The standard InChI is InChI=1S/C19H18Cl2N4O/c1-13(15-4-6-16(7-5-15)25-12-22-11-23-25)24(2)19(26)10-14-3-8-17(20)18(21)9-14/h3-9,11-13H,10H2,1-2H3/t13-/m1/s1. The van der Waals surface area contributed by atoms with E-state index in [1.165, 1.54) is 6.33 Å². The van der Waals surface area contributed by atoms with E-state index in [4.69, 9.17) is 23.2 Å². The molecule has 0 spiro atoms. The molecule has 1 heterocycles. The first-order chi connectivity index (χ1) is 12.5. The predicted octanol–water partition coefficient (Wildman–Crippen LogP) is 4.34. The van der Waals surface area contributed by atoms with E-state index in [1.807, 2.05) is 37.3 Å². The van der Waals surface area contributed by atoms with Crippen LogP contribution in [0.15, 0.2) is 55.1 Å². The number of benzene rings is 2. The van der Waals surface area contributed by atoms with E-state index >= 15 is 0 Å². The minimum absolute atomic E-state index is 0.0104. The average molecular weight is 389 g/mol. The molecule has 0 N–H and O–H groups in total. The first-order valence-corrected chi connectivity index (χ1v) is 8.86. The van der Waals surface area contributed by atoms with Crippen molar-refractivity contribution in [2.45, 2.75) is 19.4 Å². The first kappa shape index (κ1) is 18.4. The Morgan fingerprint density at radius 3 is 2.50 bits per heavy atom. The van der Waals surface area contributed by atoms with Crippen LogP contribution in [0, 0.1) is 0 Å². The molecule has 3 rings (SSSR count). The number of rotatable bonds is 5. The summed E-state index contributed by atoms with van der Waals surface area (Å²) in [4.78, 5) is 18.3. The molecular weight excluding hydrogens is 371 g/mol. The summed E-state index contributed by atoms with van der Waals surface area (Å²) in [5.41, 5.74) is 2.80. The molecule has 1 aromatic heterocycles. The molecule has 1 atom stereocenters. The monoisotopic (exact) mass is 388 g/mol. The molecule has 0 saturated heterocycles. The van der Waals surface area contributed by atoms with Gasteiger partial charge in [-0.25, -0.2) is 9.67 Å². The molecule has 2 aromatic carbocycles. The maximum atomic E-state index is 12.6. The Bertz CT molecular complexity index is 894. The van der Waals surface area contributed by atoms with Gasteiger partial charge in [0.15, 0.2) is 0 Å². The van der Waals surface area contributed by atoms with Crippen LogP contribution in [0.2, 0.25) is 10.0 Å². The van der Waals surface area contributed by atoms with Crippen molar-refractivity contribution in [2.24, 2.45) is 0 Å². The molecule has 0 aliphatic carbocycles. The average Bonchev–Trinajstić information content (AvgIpc) is 3.18. The number of halogens is 2. The van der Waals surface area contributed by atoms with Gasteiger partial charge in [0.05, 0.1) is 28.2 Å². The van der Waals surface area contributed by atoms with Crippen molar-refractivity contribution in [1.82, 2.24) is 19.7 Å². The molecule has 0 bridgehead atoms. The Labute approximate surface area is 162 Å². The van der Waals surface area contributed by atoms with Crippen molar-refractivity contribution < 1.29 is 4.79 Å². The van der Waals surface area contributed by atoms with E-state index in [0.29, 0.717) is 10.0 Å². The van der Waals surface area contributed by atoms with Crippen LogP contribution < -0.4 is 0 Å². The van der Waals surface area contributed by atoms with Crippen LogP contribution in [0.3, 0.4) is 0 Å². The van der Waals surface area contributed by atoms with Gasteiger partial charge in [-0.3, -0.25) is 4.79 Å². The number of likely N-dealkylation sites (N-methyl/N-ethyl adjacent to an activating group) is 1. The number of aromatic nitrogens is 3. The molecule has 0 saturated carbocycles. The van der Waals surface area contributed by atoms with Crippen molar-refractivity contribution in [2.75, 3.05) is 7.05 Å². The summed E-state index contributed by atoms with van der Waals surface area (Å²) >= 11 is 11.9. The molecule has 0 unspecified atom stereocenters. The minimum atomic E-state index is -0.0601. The second kappa shape index (κ2) is 7.89. The Morgan fingerprint density at radius 1 is 1.15 bits per heavy atom. The lowest BCUT2D eigenvalue weighted by Crippen LogP contribution is -2.31. The summed E-state index contributed by atoms with van der Waals surface area (Å²) in [5.74, 6) is 0.0104. The second-order valence-electron chi connectivity index (χ2n) is 6.04.